The van der Waals surface area contributed by atoms with Gasteiger partial charge < -0.3 is 11.1 Å². The van der Waals surface area contributed by atoms with Crippen molar-refractivity contribution in [3.63, 3.8) is 0 Å². The molecule has 0 bridgehead atoms. The summed E-state index contributed by atoms with van der Waals surface area (Å²) in [5, 5.41) is 2.09. The van der Waals surface area contributed by atoms with Crippen LogP contribution >= 0.6 is 0 Å². The molecule has 0 unspecified atom stereocenters. The number of primary amides is 1. The van der Waals surface area contributed by atoms with Gasteiger partial charge in [-0.05, 0) is 56.3 Å². The fraction of sp³-hybridized carbons (Fsp3) is 0.176. The number of benzene rings is 2. The second-order valence-electron chi connectivity index (χ2n) is 5.67. The molecule has 0 saturated heterocycles. The van der Waals surface area contributed by atoms with Gasteiger partial charge in [-0.2, -0.15) is 0 Å². The van der Waals surface area contributed by atoms with E-state index in [2.05, 4.69) is 10.0 Å². The Morgan fingerprint density at radius 1 is 0.960 bits per heavy atom. The average molecular weight is 361 g/mol. The second-order valence-corrected chi connectivity index (χ2v) is 7.91. The third kappa shape index (κ3) is 4.80. The van der Waals surface area contributed by atoms with Crippen molar-refractivity contribution < 1.29 is 18.0 Å². The molecule has 0 heterocycles. The van der Waals surface area contributed by atoms with E-state index in [4.69, 9.17) is 5.73 Å². The van der Waals surface area contributed by atoms with Gasteiger partial charge in [0.05, 0.1) is 5.25 Å². The van der Waals surface area contributed by atoms with Crippen LogP contribution in [0.2, 0.25) is 0 Å². The number of rotatable bonds is 6. The van der Waals surface area contributed by atoms with Crippen LogP contribution in [0.15, 0.2) is 48.5 Å². The van der Waals surface area contributed by atoms with Crippen LogP contribution < -0.4 is 15.8 Å². The van der Waals surface area contributed by atoms with Gasteiger partial charge >= 0.3 is 0 Å². The molecular formula is C17H19N3O4S. The maximum absolute atomic E-state index is 12.2. The summed E-state index contributed by atoms with van der Waals surface area (Å²) in [6.07, 6.45) is 0. The van der Waals surface area contributed by atoms with Crippen molar-refractivity contribution in [2.45, 2.75) is 19.1 Å². The van der Waals surface area contributed by atoms with Gasteiger partial charge in [-0.1, -0.05) is 6.07 Å². The van der Waals surface area contributed by atoms with Crippen LogP contribution in [0.25, 0.3) is 0 Å². The molecule has 0 aliphatic heterocycles. The minimum Gasteiger partial charge on any atom is -0.366 e. The van der Waals surface area contributed by atoms with Gasteiger partial charge in [0.2, 0.25) is 15.9 Å². The van der Waals surface area contributed by atoms with Crippen molar-refractivity contribution in [1.29, 1.82) is 0 Å². The highest BCUT2D eigenvalue weighted by molar-refractivity contribution is 7.93. The summed E-state index contributed by atoms with van der Waals surface area (Å²) in [5.41, 5.74) is 6.65. The third-order valence-corrected chi connectivity index (χ3v) is 5.19. The minimum atomic E-state index is -3.44. The van der Waals surface area contributed by atoms with Crippen LogP contribution in [-0.2, 0) is 10.0 Å². The maximum atomic E-state index is 12.2. The van der Waals surface area contributed by atoms with E-state index in [1.807, 2.05) is 0 Å². The van der Waals surface area contributed by atoms with E-state index in [-0.39, 0.29) is 11.5 Å². The number of amides is 2. The molecule has 2 rings (SSSR count). The smallest absolute Gasteiger partial charge is 0.255 e. The molecule has 4 N–H and O–H groups in total. The van der Waals surface area contributed by atoms with E-state index in [9.17, 15) is 18.0 Å². The highest BCUT2D eigenvalue weighted by atomic mass is 32.2. The summed E-state index contributed by atoms with van der Waals surface area (Å²) in [4.78, 5) is 23.4. The zero-order chi connectivity index (χ0) is 18.6. The largest absolute Gasteiger partial charge is 0.366 e. The first-order valence-corrected chi connectivity index (χ1v) is 9.06. The topological polar surface area (TPSA) is 118 Å². The molecule has 0 saturated carbocycles. The van der Waals surface area contributed by atoms with Gasteiger partial charge in [0.1, 0.15) is 0 Å². The highest BCUT2D eigenvalue weighted by Crippen LogP contribution is 2.16. The monoisotopic (exact) mass is 361 g/mol. The van der Waals surface area contributed by atoms with Crippen molar-refractivity contribution in [2.24, 2.45) is 5.73 Å². The fourth-order valence-corrected chi connectivity index (χ4v) is 2.63. The van der Waals surface area contributed by atoms with Crippen molar-refractivity contribution in [3.05, 3.63) is 59.7 Å². The number of hydrogen-bond donors (Lipinski definition) is 3. The van der Waals surface area contributed by atoms with Crippen molar-refractivity contribution in [2.75, 3.05) is 10.0 Å². The van der Waals surface area contributed by atoms with E-state index in [0.29, 0.717) is 16.9 Å². The normalized spacial score (nSPS) is 11.2. The quantitative estimate of drug-likeness (QED) is 0.730. The zero-order valence-electron chi connectivity index (χ0n) is 13.8. The molecule has 132 valence electrons. The molecule has 0 aromatic heterocycles. The Kier molecular flexibility index (Phi) is 5.43. The molecule has 0 atom stereocenters. The number of carbonyl (C=O) groups is 2. The van der Waals surface area contributed by atoms with Gasteiger partial charge in [-0.25, -0.2) is 8.42 Å². The van der Waals surface area contributed by atoms with E-state index in [0.717, 1.165) is 0 Å². The lowest BCUT2D eigenvalue weighted by Gasteiger charge is -2.11. The Morgan fingerprint density at radius 3 is 2.16 bits per heavy atom. The Labute approximate surface area is 146 Å². The molecule has 8 heteroatoms. The molecule has 0 fully saturated rings. The molecule has 0 aliphatic carbocycles. The Hall–Kier alpha value is -2.87. The SMILES string of the molecule is CC(C)S(=O)(=O)Nc1ccc(C(=O)Nc2cccc(C(N)=O)c2)cc1. The van der Waals surface area contributed by atoms with Crippen molar-refractivity contribution >= 4 is 33.2 Å². The number of anilines is 2. The zero-order valence-corrected chi connectivity index (χ0v) is 14.6. The molecule has 2 amide bonds. The summed E-state index contributed by atoms with van der Waals surface area (Å²) in [6.45, 7) is 3.15. The predicted molar refractivity (Wildman–Crippen MR) is 97.0 cm³/mol. The summed E-state index contributed by atoms with van der Waals surface area (Å²) < 4.78 is 26.1. The van der Waals surface area contributed by atoms with Crippen LogP contribution in [-0.4, -0.2) is 25.5 Å². The minimum absolute atomic E-state index is 0.288. The molecule has 0 spiro atoms. The predicted octanol–water partition coefficient (Wildman–Crippen LogP) is 2.19. The van der Waals surface area contributed by atoms with Gasteiger partial charge in [0, 0.05) is 22.5 Å². The number of sulfonamides is 1. The first-order chi connectivity index (χ1) is 11.7. The second kappa shape index (κ2) is 7.35. The first-order valence-electron chi connectivity index (χ1n) is 7.52. The van der Waals surface area contributed by atoms with Crippen molar-refractivity contribution in [3.8, 4) is 0 Å². The van der Waals surface area contributed by atoms with E-state index in [1.165, 1.54) is 30.3 Å². The summed E-state index contributed by atoms with van der Waals surface area (Å²) in [5.74, 6) is -0.974. The molecule has 7 nitrogen and oxygen atoms in total. The van der Waals surface area contributed by atoms with Gasteiger partial charge in [-0.15, -0.1) is 0 Å². The van der Waals surface area contributed by atoms with Crippen LogP contribution in [0.4, 0.5) is 11.4 Å². The van der Waals surface area contributed by atoms with Crippen LogP contribution in [0, 0.1) is 0 Å². The number of carbonyl (C=O) groups excluding carboxylic acids is 2. The Morgan fingerprint density at radius 2 is 1.60 bits per heavy atom. The third-order valence-electron chi connectivity index (χ3n) is 3.43. The molecule has 0 radical (unpaired) electrons. The standard InChI is InChI=1S/C17H19N3O4S/c1-11(2)25(23,24)20-14-8-6-12(7-9-14)17(22)19-15-5-3-4-13(10-15)16(18)21/h3-11,20H,1-2H3,(H2,18,21)(H,19,22). The molecule has 2 aromatic rings. The van der Waals surface area contributed by atoms with Crippen molar-refractivity contribution in [1.82, 2.24) is 0 Å². The lowest BCUT2D eigenvalue weighted by molar-refractivity contribution is 0.0996. The molecule has 2 aromatic carbocycles. The van der Waals surface area contributed by atoms with Crippen LogP contribution in [0.5, 0.6) is 0 Å². The lowest BCUT2D eigenvalue weighted by atomic mass is 10.1. The van der Waals surface area contributed by atoms with Gasteiger partial charge in [0.25, 0.3) is 5.91 Å². The van der Waals surface area contributed by atoms with E-state index < -0.39 is 21.2 Å². The lowest BCUT2D eigenvalue weighted by Crippen LogP contribution is -2.22. The van der Waals surface area contributed by atoms with Crippen LogP contribution in [0.3, 0.4) is 0 Å². The van der Waals surface area contributed by atoms with E-state index in [1.54, 1.807) is 32.0 Å². The Bertz CT molecular complexity index is 890. The summed E-state index contributed by atoms with van der Waals surface area (Å²) >= 11 is 0. The molecular weight excluding hydrogens is 342 g/mol. The molecule has 25 heavy (non-hydrogen) atoms. The highest BCUT2D eigenvalue weighted by Gasteiger charge is 2.15. The van der Waals surface area contributed by atoms with E-state index >= 15 is 0 Å². The summed E-state index contributed by atoms with van der Waals surface area (Å²) in [6, 6.07) is 12.3. The number of nitrogens with two attached hydrogens (primary N) is 1. The van der Waals surface area contributed by atoms with Gasteiger partial charge in [-0.3, -0.25) is 14.3 Å². The molecule has 0 aliphatic rings. The fourth-order valence-electron chi connectivity index (χ4n) is 1.93. The number of hydrogen-bond acceptors (Lipinski definition) is 4. The maximum Gasteiger partial charge on any atom is 0.255 e. The first kappa shape index (κ1) is 18.5. The summed E-state index contributed by atoms with van der Waals surface area (Å²) in [7, 11) is -3.44. The van der Waals surface area contributed by atoms with Gasteiger partial charge in [0.15, 0.2) is 0 Å². The number of nitrogens with one attached hydrogen (secondary N) is 2. The Balaban J connectivity index is 2.10. The average Bonchev–Trinajstić information content (AvgIpc) is 2.55. The van der Waals surface area contributed by atoms with Crippen LogP contribution in [0.1, 0.15) is 34.6 Å².